The number of hydrogen-bond donors (Lipinski definition) is 3. The van der Waals surface area contributed by atoms with Gasteiger partial charge in [0, 0.05) is 6.04 Å². The molecule has 2 atom stereocenters. The van der Waals surface area contributed by atoms with Gasteiger partial charge < -0.3 is 15.7 Å². The summed E-state index contributed by atoms with van der Waals surface area (Å²) < 4.78 is 38.6. The number of halogens is 3. The Kier molecular flexibility index (Phi) is 6.02. The highest BCUT2D eigenvalue weighted by molar-refractivity contribution is 5.74. The summed E-state index contributed by atoms with van der Waals surface area (Å²) in [5.41, 5.74) is -0.559. The second kappa shape index (κ2) is 7.31. The Morgan fingerprint density at radius 1 is 1.19 bits per heavy atom. The number of urea groups is 1. The summed E-state index contributed by atoms with van der Waals surface area (Å²) in [4.78, 5) is 11.5. The van der Waals surface area contributed by atoms with Gasteiger partial charge in [0.25, 0.3) is 0 Å². The fourth-order valence-electron chi connectivity index (χ4n) is 1.89. The van der Waals surface area contributed by atoms with Gasteiger partial charge >= 0.3 is 12.2 Å². The highest BCUT2D eigenvalue weighted by Crippen LogP contribution is 2.32. The van der Waals surface area contributed by atoms with Gasteiger partial charge in [0.05, 0.1) is 18.2 Å². The number of aliphatic hydroxyl groups excluding tert-OH is 1. The van der Waals surface area contributed by atoms with Gasteiger partial charge in [-0.3, -0.25) is 0 Å². The molecule has 0 fully saturated rings. The fraction of sp³-hybridized carbons (Fsp3) is 0.500. The van der Waals surface area contributed by atoms with Gasteiger partial charge in [0.1, 0.15) is 0 Å². The van der Waals surface area contributed by atoms with Crippen LogP contribution in [0.5, 0.6) is 0 Å². The average Bonchev–Trinajstić information content (AvgIpc) is 2.37. The Hall–Kier alpha value is -1.76. The number of aliphatic hydroxyl groups is 1. The lowest BCUT2D eigenvalue weighted by Crippen LogP contribution is -2.46. The van der Waals surface area contributed by atoms with Gasteiger partial charge in [-0.25, -0.2) is 4.79 Å². The molecule has 0 bridgehead atoms. The first-order valence-corrected chi connectivity index (χ1v) is 6.57. The predicted octanol–water partition coefficient (Wildman–Crippen LogP) is 2.32. The van der Waals surface area contributed by atoms with Crippen LogP contribution in [-0.4, -0.2) is 29.8 Å². The summed E-state index contributed by atoms with van der Waals surface area (Å²) in [5, 5.41) is 13.8. The number of carbonyl (C=O) groups excluding carboxylic acids is 1. The van der Waals surface area contributed by atoms with Gasteiger partial charge in [-0.2, -0.15) is 13.2 Å². The van der Waals surface area contributed by atoms with E-state index in [0.717, 1.165) is 6.07 Å². The Morgan fingerprint density at radius 2 is 1.76 bits per heavy atom. The number of rotatable bonds is 5. The fourth-order valence-corrected chi connectivity index (χ4v) is 1.89. The highest BCUT2D eigenvalue weighted by atomic mass is 19.4. The molecular weight excluding hydrogens is 285 g/mol. The van der Waals surface area contributed by atoms with E-state index in [1.54, 1.807) is 13.8 Å². The number of carbonyl (C=O) groups is 1. The van der Waals surface area contributed by atoms with Gasteiger partial charge in [0.15, 0.2) is 0 Å². The molecule has 118 valence electrons. The topological polar surface area (TPSA) is 61.4 Å². The molecule has 3 N–H and O–H groups in total. The molecule has 0 aromatic heterocycles. The van der Waals surface area contributed by atoms with Gasteiger partial charge in [-0.15, -0.1) is 0 Å². The van der Waals surface area contributed by atoms with E-state index in [1.807, 2.05) is 0 Å². The normalized spacial score (nSPS) is 14.4. The van der Waals surface area contributed by atoms with Crippen molar-refractivity contribution in [2.75, 3.05) is 6.61 Å². The molecule has 0 radical (unpaired) electrons. The zero-order valence-corrected chi connectivity index (χ0v) is 11.9. The lowest BCUT2D eigenvalue weighted by molar-refractivity contribution is -0.138. The molecule has 0 aliphatic carbocycles. The van der Waals surface area contributed by atoms with Crippen molar-refractivity contribution in [3.63, 3.8) is 0 Å². The molecule has 2 amide bonds. The van der Waals surface area contributed by atoms with Crippen LogP contribution in [0.4, 0.5) is 18.0 Å². The van der Waals surface area contributed by atoms with Gasteiger partial charge in [0.2, 0.25) is 0 Å². The SMILES string of the molecule is CC(CO)NC(=O)NC(C)Cc1ccccc1C(F)(F)F. The molecule has 4 nitrogen and oxygen atoms in total. The second-order valence-corrected chi connectivity index (χ2v) is 4.96. The molecule has 21 heavy (non-hydrogen) atoms. The summed E-state index contributed by atoms with van der Waals surface area (Å²) in [6.45, 7) is 3.03. The number of benzene rings is 1. The summed E-state index contributed by atoms with van der Waals surface area (Å²) in [5.74, 6) is 0. The van der Waals surface area contributed by atoms with Crippen LogP contribution >= 0.6 is 0 Å². The van der Waals surface area contributed by atoms with E-state index >= 15 is 0 Å². The third-order valence-electron chi connectivity index (χ3n) is 2.88. The standard InChI is InChI=1S/C14H19F3N2O2/c1-9(18-13(21)19-10(2)8-20)7-11-5-3-4-6-12(11)14(15,16)17/h3-6,9-10,20H,7-8H2,1-2H3,(H2,18,19,21). The zero-order valence-electron chi connectivity index (χ0n) is 11.9. The van der Waals surface area contributed by atoms with Crippen molar-refractivity contribution in [1.82, 2.24) is 10.6 Å². The minimum absolute atomic E-state index is 0.0661. The van der Waals surface area contributed by atoms with Crippen LogP contribution in [0.15, 0.2) is 24.3 Å². The second-order valence-electron chi connectivity index (χ2n) is 4.96. The van der Waals surface area contributed by atoms with Crippen LogP contribution in [0, 0.1) is 0 Å². The van der Waals surface area contributed by atoms with Crippen molar-refractivity contribution in [3.8, 4) is 0 Å². The molecule has 7 heteroatoms. The largest absolute Gasteiger partial charge is 0.416 e. The summed E-state index contributed by atoms with van der Waals surface area (Å²) in [6.07, 6.45) is -4.35. The summed E-state index contributed by atoms with van der Waals surface area (Å²) in [6, 6.07) is 3.88. The summed E-state index contributed by atoms with van der Waals surface area (Å²) in [7, 11) is 0. The molecule has 0 heterocycles. The smallest absolute Gasteiger partial charge is 0.394 e. The highest BCUT2D eigenvalue weighted by Gasteiger charge is 2.33. The van der Waals surface area contributed by atoms with Crippen molar-refractivity contribution < 1.29 is 23.1 Å². The first-order chi connectivity index (χ1) is 9.74. The quantitative estimate of drug-likeness (QED) is 0.782. The molecule has 0 aliphatic rings. The van der Waals surface area contributed by atoms with Crippen molar-refractivity contribution in [2.24, 2.45) is 0 Å². The Morgan fingerprint density at radius 3 is 2.33 bits per heavy atom. The molecule has 2 unspecified atom stereocenters. The van der Waals surface area contributed by atoms with Crippen molar-refractivity contribution in [1.29, 1.82) is 0 Å². The van der Waals surface area contributed by atoms with Crippen LogP contribution in [0.1, 0.15) is 25.0 Å². The third kappa shape index (κ3) is 5.63. The van der Waals surface area contributed by atoms with E-state index in [9.17, 15) is 18.0 Å². The van der Waals surface area contributed by atoms with E-state index < -0.39 is 29.9 Å². The van der Waals surface area contributed by atoms with E-state index in [0.29, 0.717) is 0 Å². The molecule has 0 saturated heterocycles. The summed E-state index contributed by atoms with van der Waals surface area (Å²) >= 11 is 0. The molecular formula is C14H19F3N2O2. The first-order valence-electron chi connectivity index (χ1n) is 6.57. The molecule has 0 spiro atoms. The molecule has 0 aliphatic heterocycles. The number of alkyl halides is 3. The van der Waals surface area contributed by atoms with Gasteiger partial charge in [-0.05, 0) is 31.9 Å². The Bertz CT molecular complexity index is 478. The van der Waals surface area contributed by atoms with Crippen molar-refractivity contribution in [2.45, 2.75) is 38.5 Å². The maximum atomic E-state index is 12.9. The maximum absolute atomic E-state index is 12.9. The lowest BCUT2D eigenvalue weighted by atomic mass is 10.0. The van der Waals surface area contributed by atoms with Gasteiger partial charge in [-0.1, -0.05) is 18.2 Å². The van der Waals surface area contributed by atoms with Crippen molar-refractivity contribution in [3.05, 3.63) is 35.4 Å². The van der Waals surface area contributed by atoms with Crippen LogP contribution in [0.3, 0.4) is 0 Å². The van der Waals surface area contributed by atoms with Crippen molar-refractivity contribution >= 4 is 6.03 Å². The number of amides is 2. The molecule has 1 aromatic carbocycles. The molecule has 1 rings (SSSR count). The first kappa shape index (κ1) is 17.3. The Balaban J connectivity index is 2.67. The number of nitrogens with one attached hydrogen (secondary N) is 2. The van der Waals surface area contributed by atoms with Crippen LogP contribution < -0.4 is 10.6 Å². The molecule has 1 aromatic rings. The maximum Gasteiger partial charge on any atom is 0.416 e. The zero-order chi connectivity index (χ0) is 16.0. The predicted molar refractivity (Wildman–Crippen MR) is 72.8 cm³/mol. The monoisotopic (exact) mass is 304 g/mol. The third-order valence-corrected chi connectivity index (χ3v) is 2.88. The van der Waals surface area contributed by atoms with E-state index in [2.05, 4.69) is 10.6 Å². The van der Waals surface area contributed by atoms with Crippen LogP contribution in [0.25, 0.3) is 0 Å². The lowest BCUT2D eigenvalue weighted by Gasteiger charge is -2.19. The van der Waals surface area contributed by atoms with Crippen LogP contribution in [-0.2, 0) is 12.6 Å². The number of hydrogen-bond acceptors (Lipinski definition) is 2. The molecule has 0 saturated carbocycles. The Labute approximate surface area is 121 Å². The minimum Gasteiger partial charge on any atom is -0.394 e. The average molecular weight is 304 g/mol. The van der Waals surface area contributed by atoms with E-state index in [4.69, 9.17) is 5.11 Å². The van der Waals surface area contributed by atoms with E-state index in [-0.39, 0.29) is 18.6 Å². The van der Waals surface area contributed by atoms with Crippen LogP contribution in [0.2, 0.25) is 0 Å². The minimum atomic E-state index is -4.41. The van der Waals surface area contributed by atoms with E-state index in [1.165, 1.54) is 18.2 Å².